The fourth-order valence-corrected chi connectivity index (χ4v) is 6.05. The Morgan fingerprint density at radius 1 is 0.818 bits per heavy atom. The van der Waals surface area contributed by atoms with E-state index in [2.05, 4.69) is 120 Å². The summed E-state index contributed by atoms with van der Waals surface area (Å²) >= 11 is 5.15. The Balaban J connectivity index is 0.000000508. The number of thiophene rings is 3. The van der Waals surface area contributed by atoms with Crippen LogP contribution in [0.5, 0.6) is 0 Å². The molecule has 4 heterocycles. The van der Waals surface area contributed by atoms with E-state index in [1.807, 2.05) is 69.6 Å². The monoisotopic (exact) mass is 802 g/mol. The Kier molecular flexibility index (Phi) is 26.1. The van der Waals surface area contributed by atoms with Crippen LogP contribution >= 0.6 is 34.0 Å². The molecule has 55 heavy (non-hydrogen) atoms. The third-order valence-corrected chi connectivity index (χ3v) is 10.2. The van der Waals surface area contributed by atoms with Gasteiger partial charge in [0.2, 0.25) is 0 Å². The highest BCUT2D eigenvalue weighted by Crippen LogP contribution is 2.16. The van der Waals surface area contributed by atoms with Crippen LogP contribution in [0.4, 0.5) is 0 Å². The second-order valence-electron chi connectivity index (χ2n) is 12.2. The van der Waals surface area contributed by atoms with E-state index in [0.717, 1.165) is 23.5 Å². The van der Waals surface area contributed by atoms with Crippen LogP contribution in [0.3, 0.4) is 0 Å². The van der Waals surface area contributed by atoms with Crippen molar-refractivity contribution in [3.05, 3.63) is 133 Å². The van der Waals surface area contributed by atoms with Gasteiger partial charge >= 0.3 is 0 Å². The highest BCUT2D eigenvalue weighted by Gasteiger charge is 2.12. The minimum absolute atomic E-state index is 0.193. The number of nitrogens with zero attached hydrogens (tertiary/aromatic N) is 4. The highest BCUT2D eigenvalue weighted by atomic mass is 32.1. The number of rotatable bonds is 21. The van der Waals surface area contributed by atoms with Gasteiger partial charge in [-0.25, -0.2) is 4.68 Å². The van der Waals surface area contributed by atoms with Crippen LogP contribution < -0.4 is 0 Å². The van der Waals surface area contributed by atoms with E-state index in [0.29, 0.717) is 33.3 Å². The van der Waals surface area contributed by atoms with Crippen LogP contribution in [0.25, 0.3) is 24.3 Å². The lowest BCUT2D eigenvalue weighted by Gasteiger charge is -2.24. The highest BCUT2D eigenvalue weighted by molar-refractivity contribution is 7.11. The van der Waals surface area contributed by atoms with Gasteiger partial charge < -0.3 is 19.1 Å². The van der Waals surface area contributed by atoms with Crippen LogP contribution in [0.1, 0.15) is 81.1 Å². The Morgan fingerprint density at radius 3 is 1.98 bits per heavy atom. The van der Waals surface area contributed by atoms with Gasteiger partial charge in [0, 0.05) is 47.2 Å². The van der Waals surface area contributed by atoms with Gasteiger partial charge in [0.15, 0.2) is 0 Å². The van der Waals surface area contributed by atoms with Crippen LogP contribution in [-0.4, -0.2) is 67.1 Å². The molecule has 0 saturated heterocycles. The average molecular weight is 803 g/mol. The molecule has 0 radical (unpaired) electrons. The van der Waals surface area contributed by atoms with Crippen molar-refractivity contribution in [1.29, 1.82) is 0 Å². The van der Waals surface area contributed by atoms with Crippen molar-refractivity contribution >= 4 is 64.0 Å². The summed E-state index contributed by atoms with van der Waals surface area (Å²) in [5.74, 6) is 0. The molecule has 0 bridgehead atoms. The lowest BCUT2D eigenvalue weighted by molar-refractivity contribution is -0.0909. The molecule has 0 N–H and O–H groups in total. The molecule has 298 valence electrons. The molecule has 4 rings (SSSR count). The van der Waals surface area contributed by atoms with Crippen molar-refractivity contribution in [1.82, 2.24) is 14.7 Å². The SMILES string of the molecule is C/C=C\C(/C=C/c1cccs1)=NC.CCCC.CCOCC(COCn1ccc(/C=C/c2cccs2)n1)OCN(C)C(=C\C=C(/C)CC)/C=C/c1cccs1. The Labute approximate surface area is 343 Å². The minimum Gasteiger partial charge on any atom is -0.379 e. The van der Waals surface area contributed by atoms with Crippen molar-refractivity contribution in [3.63, 3.8) is 0 Å². The summed E-state index contributed by atoms with van der Waals surface area (Å²) < 4.78 is 19.6. The molecule has 0 fully saturated rings. The summed E-state index contributed by atoms with van der Waals surface area (Å²) in [5.41, 5.74) is 4.29. The van der Waals surface area contributed by atoms with Crippen LogP contribution in [0.15, 0.2) is 118 Å². The van der Waals surface area contributed by atoms with Crippen molar-refractivity contribution in [3.8, 4) is 0 Å². The lowest BCUT2D eigenvalue weighted by Crippen LogP contribution is -2.31. The maximum absolute atomic E-state index is 6.22. The van der Waals surface area contributed by atoms with E-state index < -0.39 is 0 Å². The zero-order chi connectivity index (χ0) is 39.9. The summed E-state index contributed by atoms with van der Waals surface area (Å²) in [6, 6.07) is 14.4. The average Bonchev–Trinajstić information content (AvgIpc) is 4.06. The Hall–Kier alpha value is -3.90. The van der Waals surface area contributed by atoms with Crippen LogP contribution in [0, 0.1) is 0 Å². The fraction of sp³-hybridized carbons (Fsp3) is 0.378. The second-order valence-corrected chi connectivity index (χ2v) is 15.1. The van der Waals surface area contributed by atoms with E-state index in [-0.39, 0.29) is 6.10 Å². The quantitative estimate of drug-likeness (QED) is 0.0477. The first-order valence-electron chi connectivity index (χ1n) is 19.0. The molecular weight excluding hydrogens is 741 g/mol. The molecule has 0 aromatic carbocycles. The first-order chi connectivity index (χ1) is 26.8. The van der Waals surface area contributed by atoms with Gasteiger partial charge in [-0.15, -0.1) is 34.0 Å². The molecule has 4 aromatic rings. The van der Waals surface area contributed by atoms with Gasteiger partial charge in [-0.1, -0.05) is 69.5 Å². The van der Waals surface area contributed by atoms with Gasteiger partial charge in [-0.2, -0.15) is 5.10 Å². The number of likely N-dealkylation sites (N-methyl/N-ethyl adjacent to an activating group) is 1. The predicted molar refractivity (Wildman–Crippen MR) is 243 cm³/mol. The largest absolute Gasteiger partial charge is 0.379 e. The summed E-state index contributed by atoms with van der Waals surface area (Å²) in [6.45, 7) is 14.9. The number of ether oxygens (including phenoxy) is 3. The zero-order valence-electron chi connectivity index (χ0n) is 34.1. The van der Waals surface area contributed by atoms with Gasteiger partial charge in [0.05, 0.1) is 24.6 Å². The number of aliphatic imine (C=N–C) groups is 1. The first-order valence-corrected chi connectivity index (χ1v) is 21.6. The molecule has 4 aromatic heterocycles. The van der Waals surface area contributed by atoms with Gasteiger partial charge in [0.1, 0.15) is 19.6 Å². The Morgan fingerprint density at radius 2 is 1.44 bits per heavy atom. The van der Waals surface area contributed by atoms with Crippen molar-refractivity contribution in [2.75, 3.05) is 40.6 Å². The molecule has 0 saturated carbocycles. The number of hydrogen-bond donors (Lipinski definition) is 0. The third-order valence-electron chi connectivity index (χ3n) is 7.72. The van der Waals surface area contributed by atoms with Gasteiger partial charge in [-0.3, -0.25) is 4.99 Å². The summed E-state index contributed by atoms with van der Waals surface area (Å²) in [5, 5.41) is 10.8. The molecule has 0 amide bonds. The number of aromatic nitrogens is 2. The molecule has 1 unspecified atom stereocenters. The Bertz CT molecular complexity index is 1730. The number of allylic oxidation sites excluding steroid dienone is 7. The number of unbranched alkanes of at least 4 members (excludes halogenated alkanes) is 1. The molecule has 0 aliphatic heterocycles. The van der Waals surface area contributed by atoms with Crippen molar-refractivity contribution in [2.45, 2.75) is 73.6 Å². The van der Waals surface area contributed by atoms with E-state index in [9.17, 15) is 0 Å². The van der Waals surface area contributed by atoms with Gasteiger partial charge in [-0.05, 0) is 116 Å². The maximum atomic E-state index is 6.22. The zero-order valence-corrected chi connectivity index (χ0v) is 36.5. The summed E-state index contributed by atoms with van der Waals surface area (Å²) in [6.07, 6.45) is 26.1. The van der Waals surface area contributed by atoms with E-state index >= 15 is 0 Å². The van der Waals surface area contributed by atoms with E-state index in [4.69, 9.17) is 14.2 Å². The lowest BCUT2D eigenvalue weighted by atomic mass is 10.2. The molecule has 7 nitrogen and oxygen atoms in total. The minimum atomic E-state index is -0.193. The third kappa shape index (κ3) is 21.7. The smallest absolute Gasteiger partial charge is 0.139 e. The van der Waals surface area contributed by atoms with E-state index in [1.165, 1.54) is 33.0 Å². The molecule has 1 atom stereocenters. The van der Waals surface area contributed by atoms with Gasteiger partial charge in [0.25, 0.3) is 0 Å². The molecule has 0 aliphatic carbocycles. The maximum Gasteiger partial charge on any atom is 0.139 e. The van der Waals surface area contributed by atoms with E-state index in [1.54, 1.807) is 45.7 Å². The van der Waals surface area contributed by atoms with Crippen molar-refractivity contribution in [2.24, 2.45) is 4.99 Å². The predicted octanol–water partition coefficient (Wildman–Crippen LogP) is 12.6. The summed E-state index contributed by atoms with van der Waals surface area (Å²) in [7, 11) is 3.83. The second kappa shape index (κ2) is 30.3. The molecule has 10 heteroatoms. The molecular formula is C45H62N4O3S3. The number of hydrogen-bond acceptors (Lipinski definition) is 9. The molecule has 0 aliphatic rings. The summed E-state index contributed by atoms with van der Waals surface area (Å²) in [4.78, 5) is 9.90. The molecule has 0 spiro atoms. The van der Waals surface area contributed by atoms with Crippen LogP contribution in [0.2, 0.25) is 0 Å². The van der Waals surface area contributed by atoms with Crippen LogP contribution in [-0.2, 0) is 20.9 Å². The standard InChI is InChI=1S/C30H39N3O3S2.C11H13NS.C4H10/c1-5-25(3)11-13-27(14-16-30-10-8-20-38-30)32(4)23-36-28(21-34-6-2)22-35-24-33-18-17-26(31-33)12-15-29-9-7-19-37-29;1-3-5-10(12-2)7-8-11-6-4-9-13-11;1-3-4-2/h7-20,28H,5-6,21-24H2,1-4H3;3-9H,1-2H3;3-4H2,1-2H3/b15-12+,16-14+,25-11+,27-13-;5-3-,8-7+,12-10?;. The van der Waals surface area contributed by atoms with Crippen molar-refractivity contribution < 1.29 is 14.2 Å². The topological polar surface area (TPSA) is 61.1 Å². The fourth-order valence-electron chi connectivity index (χ4n) is 4.19. The first kappa shape index (κ1) is 47.3. The normalized spacial score (nSPS) is 13.1.